The predicted molar refractivity (Wildman–Crippen MR) is 119 cm³/mol. The third kappa shape index (κ3) is 3.57. The summed E-state index contributed by atoms with van der Waals surface area (Å²) in [5.74, 6) is 0. The summed E-state index contributed by atoms with van der Waals surface area (Å²) >= 11 is 0. The number of hydrogen-bond donors (Lipinski definition) is 0. The van der Waals surface area contributed by atoms with Crippen LogP contribution in [-0.2, 0) is 6.54 Å². The van der Waals surface area contributed by atoms with E-state index in [2.05, 4.69) is 10.1 Å². The molecule has 5 rings (SSSR count). The molecular weight excluding hydrogens is 396 g/mol. The van der Waals surface area contributed by atoms with E-state index in [0.29, 0.717) is 28.6 Å². The zero-order valence-corrected chi connectivity index (χ0v) is 16.8. The first-order chi connectivity index (χ1) is 15.1. The predicted octanol–water partition coefficient (Wildman–Crippen LogP) is 4.95. The number of benzene rings is 2. The van der Waals surface area contributed by atoms with Crippen LogP contribution in [0.1, 0.15) is 24.8 Å². The molecule has 0 unspecified atom stereocenters. The van der Waals surface area contributed by atoms with Crippen molar-refractivity contribution < 1.29 is 8.83 Å². The van der Waals surface area contributed by atoms with Crippen molar-refractivity contribution in [2.45, 2.75) is 25.8 Å². The Balaban J connectivity index is 1.74. The molecule has 0 aliphatic carbocycles. The van der Waals surface area contributed by atoms with Crippen LogP contribution in [0.2, 0.25) is 0 Å². The van der Waals surface area contributed by atoms with Crippen molar-refractivity contribution in [3.05, 3.63) is 79.8 Å². The topological polar surface area (TPSA) is 93.1 Å². The van der Waals surface area contributed by atoms with E-state index < -0.39 is 11.3 Å². The second-order valence-electron chi connectivity index (χ2n) is 7.83. The molecule has 0 atom stereocenters. The van der Waals surface area contributed by atoms with Gasteiger partial charge >= 0.3 is 11.3 Å². The lowest BCUT2D eigenvalue weighted by Crippen LogP contribution is -2.29. The summed E-state index contributed by atoms with van der Waals surface area (Å²) in [6.07, 6.45) is 3.35. The van der Waals surface area contributed by atoms with E-state index in [1.807, 2.05) is 12.1 Å². The fourth-order valence-corrected chi connectivity index (χ4v) is 4.32. The van der Waals surface area contributed by atoms with Crippen LogP contribution in [-0.4, -0.2) is 18.0 Å². The lowest BCUT2D eigenvalue weighted by molar-refractivity contribution is 0.221. The normalized spacial score (nSPS) is 14.8. The van der Waals surface area contributed by atoms with E-state index >= 15 is 0 Å². The van der Waals surface area contributed by atoms with Crippen LogP contribution in [0.4, 0.5) is 5.69 Å². The third-order valence-electron chi connectivity index (χ3n) is 5.85. The maximum Gasteiger partial charge on any atom is 0.344 e. The Morgan fingerprint density at radius 2 is 1.71 bits per heavy atom. The maximum absolute atomic E-state index is 12.7. The molecule has 1 fully saturated rings. The highest BCUT2D eigenvalue weighted by molar-refractivity contribution is 5.97. The molecule has 0 radical (unpaired) electrons. The fourth-order valence-electron chi connectivity index (χ4n) is 4.32. The van der Waals surface area contributed by atoms with Crippen LogP contribution in [0, 0.1) is 4.91 Å². The van der Waals surface area contributed by atoms with Crippen molar-refractivity contribution >= 4 is 27.6 Å². The molecule has 0 amide bonds. The average Bonchev–Trinajstić information content (AvgIpc) is 2.79. The summed E-state index contributed by atoms with van der Waals surface area (Å²) in [6, 6.07) is 13.5. The van der Waals surface area contributed by atoms with Gasteiger partial charge < -0.3 is 8.83 Å². The van der Waals surface area contributed by atoms with E-state index in [0.717, 1.165) is 31.3 Å². The molecule has 2 aromatic carbocycles. The molecule has 31 heavy (non-hydrogen) atoms. The minimum atomic E-state index is -0.599. The largest absolute Gasteiger partial charge is 0.422 e. The molecule has 3 heterocycles. The fraction of sp³-hybridized carbons (Fsp3) is 0.250. The van der Waals surface area contributed by atoms with Crippen molar-refractivity contribution in [1.29, 1.82) is 0 Å². The van der Waals surface area contributed by atoms with Crippen LogP contribution in [0.3, 0.4) is 0 Å². The highest BCUT2D eigenvalue weighted by Crippen LogP contribution is 2.34. The van der Waals surface area contributed by atoms with Crippen molar-refractivity contribution in [2.75, 3.05) is 13.1 Å². The van der Waals surface area contributed by atoms with Gasteiger partial charge in [0.1, 0.15) is 16.9 Å². The Labute approximate surface area is 176 Å². The molecule has 0 bridgehead atoms. The van der Waals surface area contributed by atoms with Gasteiger partial charge in [0.15, 0.2) is 0 Å². The minimum absolute atomic E-state index is 0.240. The first-order valence-corrected chi connectivity index (χ1v) is 10.3. The summed E-state index contributed by atoms with van der Waals surface area (Å²) in [4.78, 5) is 38.9. The number of rotatable bonds is 4. The van der Waals surface area contributed by atoms with E-state index in [9.17, 15) is 14.5 Å². The second kappa shape index (κ2) is 7.92. The van der Waals surface area contributed by atoms with Crippen LogP contribution in [0.15, 0.2) is 72.1 Å². The van der Waals surface area contributed by atoms with Crippen molar-refractivity contribution in [3.8, 4) is 11.1 Å². The number of likely N-dealkylation sites (tertiary alicyclic amines) is 1. The number of fused-ring (bicyclic) bond motifs is 2. The number of piperidine rings is 1. The summed E-state index contributed by atoms with van der Waals surface area (Å²) in [7, 11) is 0. The lowest BCUT2D eigenvalue weighted by Gasteiger charge is -2.26. The van der Waals surface area contributed by atoms with Gasteiger partial charge in [0, 0.05) is 34.5 Å². The van der Waals surface area contributed by atoms with Gasteiger partial charge in [-0.25, -0.2) is 9.59 Å². The Bertz CT molecular complexity index is 1410. The molecule has 0 N–H and O–H groups in total. The molecule has 0 spiro atoms. The molecule has 1 aliphatic heterocycles. The second-order valence-corrected chi connectivity index (χ2v) is 7.83. The standard InChI is InChI=1S/C24H20N2O5/c27-22-13-17(18-12-15-6-2-3-7-21(15)30-24(18)28)16-8-9-20(25-29)19(23(16)31-22)14-26-10-4-1-5-11-26/h2-3,6-9,12-13H,1,4-5,10-11,14H2. The zero-order chi connectivity index (χ0) is 21.4. The Morgan fingerprint density at radius 3 is 2.52 bits per heavy atom. The number of nitrogens with zero attached hydrogens (tertiary/aromatic N) is 2. The molecular formula is C24H20N2O5. The average molecular weight is 416 g/mol. The maximum atomic E-state index is 12.7. The van der Waals surface area contributed by atoms with Gasteiger partial charge in [-0.1, -0.05) is 24.6 Å². The molecule has 1 aliphatic rings. The SMILES string of the molecule is O=Nc1ccc2c(-c3cc4ccccc4oc3=O)cc(=O)oc2c1CN1CCCCC1. The Hall–Kier alpha value is -3.58. The van der Waals surface area contributed by atoms with Gasteiger partial charge in [0.25, 0.3) is 0 Å². The lowest BCUT2D eigenvalue weighted by atomic mass is 9.99. The van der Waals surface area contributed by atoms with Crippen LogP contribution >= 0.6 is 0 Å². The quantitative estimate of drug-likeness (QED) is 0.345. The van der Waals surface area contributed by atoms with Crippen molar-refractivity contribution in [1.82, 2.24) is 4.90 Å². The van der Waals surface area contributed by atoms with Gasteiger partial charge in [-0.15, -0.1) is 4.91 Å². The van der Waals surface area contributed by atoms with Gasteiger partial charge in [0.2, 0.25) is 0 Å². The number of para-hydroxylation sites is 1. The molecule has 156 valence electrons. The van der Waals surface area contributed by atoms with Gasteiger partial charge in [0.05, 0.1) is 5.56 Å². The van der Waals surface area contributed by atoms with E-state index in [4.69, 9.17) is 8.83 Å². The monoisotopic (exact) mass is 416 g/mol. The van der Waals surface area contributed by atoms with E-state index in [1.54, 1.807) is 30.3 Å². The highest BCUT2D eigenvalue weighted by atomic mass is 16.4. The molecule has 7 heteroatoms. The summed E-state index contributed by atoms with van der Waals surface area (Å²) < 4.78 is 11.0. The molecule has 4 aromatic rings. The number of nitroso groups, excluding NO2 is 1. The summed E-state index contributed by atoms with van der Waals surface area (Å²) in [6.45, 7) is 2.27. The van der Waals surface area contributed by atoms with Gasteiger partial charge in [-0.2, -0.15) is 0 Å². The first kappa shape index (κ1) is 19.4. The number of hydrogen-bond acceptors (Lipinski definition) is 7. The van der Waals surface area contributed by atoms with E-state index in [-0.39, 0.29) is 16.8 Å². The Kier molecular flexibility index (Phi) is 4.95. The zero-order valence-electron chi connectivity index (χ0n) is 16.8. The van der Waals surface area contributed by atoms with Gasteiger partial charge in [-0.3, -0.25) is 4.90 Å². The van der Waals surface area contributed by atoms with Crippen molar-refractivity contribution in [2.24, 2.45) is 5.18 Å². The van der Waals surface area contributed by atoms with Crippen LogP contribution in [0.5, 0.6) is 0 Å². The molecule has 1 saturated heterocycles. The first-order valence-electron chi connectivity index (χ1n) is 10.3. The van der Waals surface area contributed by atoms with Crippen molar-refractivity contribution in [3.63, 3.8) is 0 Å². The van der Waals surface area contributed by atoms with Crippen LogP contribution in [0.25, 0.3) is 33.1 Å². The summed E-state index contributed by atoms with van der Waals surface area (Å²) in [5.41, 5.74) is 1.12. The van der Waals surface area contributed by atoms with Crippen LogP contribution < -0.4 is 11.3 Å². The smallest absolute Gasteiger partial charge is 0.344 e. The Morgan fingerprint density at radius 1 is 0.903 bits per heavy atom. The third-order valence-corrected chi connectivity index (χ3v) is 5.85. The minimum Gasteiger partial charge on any atom is -0.422 e. The van der Waals surface area contributed by atoms with Gasteiger partial charge in [-0.05, 0) is 55.4 Å². The van der Waals surface area contributed by atoms with E-state index in [1.165, 1.54) is 12.5 Å². The summed E-state index contributed by atoms with van der Waals surface area (Å²) in [5, 5.41) is 4.48. The molecule has 7 nitrogen and oxygen atoms in total. The molecule has 2 aromatic heterocycles. The molecule has 0 saturated carbocycles. The highest BCUT2D eigenvalue weighted by Gasteiger charge is 2.21.